The van der Waals surface area contributed by atoms with Gasteiger partial charge in [0.05, 0.1) is 24.1 Å². The summed E-state index contributed by atoms with van der Waals surface area (Å²) in [4.78, 5) is 24.0. The van der Waals surface area contributed by atoms with E-state index in [1.807, 2.05) is 31.2 Å². The summed E-state index contributed by atoms with van der Waals surface area (Å²) in [6.07, 6.45) is -0.0197. The van der Waals surface area contributed by atoms with Crippen LogP contribution in [0.4, 0.5) is 0 Å². The van der Waals surface area contributed by atoms with Gasteiger partial charge in [0.1, 0.15) is 12.4 Å². The van der Waals surface area contributed by atoms with Gasteiger partial charge in [-0.3, -0.25) is 9.59 Å². The van der Waals surface area contributed by atoms with E-state index in [1.54, 1.807) is 24.3 Å². The molecule has 0 bridgehead atoms. The Kier molecular flexibility index (Phi) is 5.09. The van der Waals surface area contributed by atoms with Gasteiger partial charge in [0, 0.05) is 10.9 Å². The summed E-state index contributed by atoms with van der Waals surface area (Å²) in [6, 6.07) is 14.5. The number of fused-ring (bicyclic) bond motifs is 1. The number of nitrogens with zero attached hydrogens (tertiary/aromatic N) is 1. The number of aromatic amines is 1. The summed E-state index contributed by atoms with van der Waals surface area (Å²) >= 11 is 0. The fraction of sp³-hybridized carbons (Fsp3) is 0.211. The quantitative estimate of drug-likeness (QED) is 0.699. The Bertz CT molecular complexity index is 949. The van der Waals surface area contributed by atoms with Crippen LogP contribution >= 0.6 is 0 Å². The predicted molar refractivity (Wildman–Crippen MR) is 93.5 cm³/mol. The first kappa shape index (κ1) is 16.7. The molecule has 1 heterocycles. The van der Waals surface area contributed by atoms with Gasteiger partial charge in [-0.05, 0) is 19.1 Å². The Morgan fingerprint density at radius 3 is 2.60 bits per heavy atom. The largest absolute Gasteiger partial charge is 0.493 e. The first-order valence-electron chi connectivity index (χ1n) is 8.01. The summed E-state index contributed by atoms with van der Waals surface area (Å²) in [5.41, 5.74) is 1.01. The number of aromatic nitrogens is 2. The highest BCUT2D eigenvalue weighted by molar-refractivity contribution is 5.86. The zero-order valence-electron chi connectivity index (χ0n) is 13.8. The minimum Gasteiger partial charge on any atom is -0.493 e. The first-order chi connectivity index (χ1) is 12.2. The maximum Gasteiger partial charge on any atom is 0.312 e. The molecule has 0 aliphatic carbocycles. The Morgan fingerprint density at radius 2 is 1.80 bits per heavy atom. The van der Waals surface area contributed by atoms with E-state index < -0.39 is 5.97 Å². The number of nitrogens with one attached hydrogen (secondary N) is 1. The van der Waals surface area contributed by atoms with Crippen molar-refractivity contribution in [3.63, 3.8) is 0 Å². The SMILES string of the molecule is CCOc1ccccc1COC(=O)Cc1n[nH]c(=O)c2ccccc12. The van der Waals surface area contributed by atoms with Crippen molar-refractivity contribution >= 4 is 16.7 Å². The number of carbonyl (C=O) groups is 1. The summed E-state index contributed by atoms with van der Waals surface area (Å²) in [5, 5.41) is 7.55. The molecule has 1 aromatic heterocycles. The number of esters is 1. The van der Waals surface area contributed by atoms with Crippen molar-refractivity contribution in [1.82, 2.24) is 10.2 Å². The van der Waals surface area contributed by atoms with Crippen LogP contribution in [0, 0.1) is 0 Å². The fourth-order valence-corrected chi connectivity index (χ4v) is 2.57. The summed E-state index contributed by atoms with van der Waals surface area (Å²) in [7, 11) is 0. The van der Waals surface area contributed by atoms with E-state index in [1.165, 1.54) is 0 Å². The van der Waals surface area contributed by atoms with Crippen molar-refractivity contribution in [3.05, 3.63) is 70.1 Å². The van der Waals surface area contributed by atoms with Gasteiger partial charge in [-0.2, -0.15) is 5.10 Å². The van der Waals surface area contributed by atoms with Crippen molar-refractivity contribution in [2.75, 3.05) is 6.61 Å². The smallest absolute Gasteiger partial charge is 0.312 e. The minimum absolute atomic E-state index is 0.0197. The van der Waals surface area contributed by atoms with E-state index >= 15 is 0 Å². The number of hydrogen-bond acceptors (Lipinski definition) is 5. The van der Waals surface area contributed by atoms with Gasteiger partial charge >= 0.3 is 5.97 Å². The van der Waals surface area contributed by atoms with E-state index in [4.69, 9.17) is 9.47 Å². The third-order valence-electron chi connectivity index (χ3n) is 3.75. The van der Waals surface area contributed by atoms with Crippen molar-refractivity contribution in [1.29, 1.82) is 0 Å². The lowest BCUT2D eigenvalue weighted by Gasteiger charge is -2.10. The lowest BCUT2D eigenvalue weighted by Crippen LogP contribution is -2.15. The molecule has 3 rings (SSSR count). The van der Waals surface area contributed by atoms with Gasteiger partial charge in [-0.25, -0.2) is 5.10 Å². The number of ether oxygens (including phenoxy) is 2. The molecule has 6 heteroatoms. The highest BCUT2D eigenvalue weighted by Gasteiger charge is 2.13. The summed E-state index contributed by atoms with van der Waals surface area (Å²) in [6.45, 7) is 2.56. The van der Waals surface area contributed by atoms with Crippen LogP contribution in [0.3, 0.4) is 0 Å². The number of para-hydroxylation sites is 1. The Labute approximate surface area is 144 Å². The lowest BCUT2D eigenvalue weighted by molar-refractivity contribution is -0.144. The maximum absolute atomic E-state index is 12.2. The van der Waals surface area contributed by atoms with Gasteiger partial charge in [0.25, 0.3) is 5.56 Å². The molecule has 1 N–H and O–H groups in total. The molecule has 6 nitrogen and oxygen atoms in total. The molecule has 3 aromatic rings. The van der Waals surface area contributed by atoms with E-state index in [2.05, 4.69) is 10.2 Å². The third-order valence-corrected chi connectivity index (χ3v) is 3.75. The van der Waals surface area contributed by atoms with Crippen molar-refractivity contribution in [2.24, 2.45) is 0 Å². The monoisotopic (exact) mass is 338 g/mol. The van der Waals surface area contributed by atoms with Gasteiger partial charge in [0.15, 0.2) is 0 Å². The second kappa shape index (κ2) is 7.61. The second-order valence-electron chi connectivity index (χ2n) is 5.42. The second-order valence-corrected chi connectivity index (χ2v) is 5.42. The molecule has 128 valence electrons. The van der Waals surface area contributed by atoms with Gasteiger partial charge in [-0.1, -0.05) is 36.4 Å². The molecule has 0 aliphatic heterocycles. The van der Waals surface area contributed by atoms with E-state index in [0.717, 1.165) is 5.56 Å². The van der Waals surface area contributed by atoms with Crippen LogP contribution < -0.4 is 10.3 Å². The number of H-pyrrole nitrogens is 1. The number of carbonyl (C=O) groups excluding carboxylic acids is 1. The van der Waals surface area contributed by atoms with Gasteiger partial charge in [0.2, 0.25) is 0 Å². The Hall–Kier alpha value is -3.15. The number of benzene rings is 2. The molecular weight excluding hydrogens is 320 g/mol. The molecule has 0 fully saturated rings. The lowest BCUT2D eigenvalue weighted by atomic mass is 10.1. The van der Waals surface area contributed by atoms with E-state index in [0.29, 0.717) is 28.8 Å². The Morgan fingerprint density at radius 1 is 1.08 bits per heavy atom. The van der Waals surface area contributed by atoms with Gasteiger partial charge in [-0.15, -0.1) is 0 Å². The molecule has 0 spiro atoms. The van der Waals surface area contributed by atoms with Crippen LogP contribution in [-0.4, -0.2) is 22.8 Å². The molecule has 0 amide bonds. The molecule has 0 saturated carbocycles. The normalized spacial score (nSPS) is 10.6. The molecule has 0 saturated heterocycles. The van der Waals surface area contributed by atoms with Gasteiger partial charge < -0.3 is 9.47 Å². The summed E-state index contributed by atoms with van der Waals surface area (Å²) < 4.78 is 10.9. The molecule has 0 aliphatic rings. The van der Waals surface area contributed by atoms with Crippen LogP contribution in [0.5, 0.6) is 5.75 Å². The van der Waals surface area contributed by atoms with Crippen molar-refractivity contribution < 1.29 is 14.3 Å². The first-order valence-corrected chi connectivity index (χ1v) is 8.01. The number of rotatable bonds is 6. The maximum atomic E-state index is 12.2. The van der Waals surface area contributed by atoms with E-state index in [9.17, 15) is 9.59 Å². The standard InChI is InChI=1S/C19H18N2O4/c1-2-24-17-10-6-3-7-13(17)12-25-18(22)11-16-14-8-4-5-9-15(14)19(23)21-20-16/h3-10H,2,11-12H2,1H3,(H,21,23). The average Bonchev–Trinajstić information content (AvgIpc) is 2.64. The van der Waals surface area contributed by atoms with Crippen LogP contribution in [0.2, 0.25) is 0 Å². The molecule has 0 radical (unpaired) electrons. The molecule has 25 heavy (non-hydrogen) atoms. The van der Waals surface area contributed by atoms with Crippen molar-refractivity contribution in [3.8, 4) is 5.75 Å². The van der Waals surface area contributed by atoms with Crippen LogP contribution in [0.15, 0.2) is 53.3 Å². The Balaban J connectivity index is 1.72. The third kappa shape index (κ3) is 3.85. The average molecular weight is 338 g/mol. The topological polar surface area (TPSA) is 81.3 Å². The highest BCUT2D eigenvalue weighted by Crippen LogP contribution is 2.19. The van der Waals surface area contributed by atoms with Crippen LogP contribution in [-0.2, 0) is 22.6 Å². The predicted octanol–water partition coefficient (Wildman–Crippen LogP) is 2.61. The van der Waals surface area contributed by atoms with Crippen LogP contribution in [0.25, 0.3) is 10.8 Å². The summed E-state index contributed by atoms with van der Waals surface area (Å²) in [5.74, 6) is 0.279. The zero-order chi connectivity index (χ0) is 17.6. The highest BCUT2D eigenvalue weighted by atomic mass is 16.5. The molecular formula is C19H18N2O4. The van der Waals surface area contributed by atoms with E-state index in [-0.39, 0.29) is 18.6 Å². The van der Waals surface area contributed by atoms with Crippen molar-refractivity contribution in [2.45, 2.75) is 20.0 Å². The molecule has 2 aromatic carbocycles. The molecule has 0 unspecified atom stereocenters. The minimum atomic E-state index is -0.420. The molecule has 0 atom stereocenters. The number of hydrogen-bond donors (Lipinski definition) is 1. The van der Waals surface area contributed by atoms with Crippen LogP contribution in [0.1, 0.15) is 18.2 Å². The fourth-order valence-electron chi connectivity index (χ4n) is 2.57. The zero-order valence-corrected chi connectivity index (χ0v) is 13.8.